The van der Waals surface area contributed by atoms with Gasteiger partial charge in [-0.1, -0.05) is 30.3 Å². The molecular weight excluding hydrogens is 272 g/mol. The predicted molar refractivity (Wildman–Crippen MR) is 78.0 cm³/mol. The molecule has 1 aromatic rings. The SMILES string of the molecule is [C-]#[N+]CCOCCOCCN(Cc1ccccc1)C(=O)O. The van der Waals surface area contributed by atoms with Gasteiger partial charge >= 0.3 is 6.09 Å². The maximum Gasteiger partial charge on any atom is 0.407 e. The maximum atomic E-state index is 11.2. The number of amides is 1. The summed E-state index contributed by atoms with van der Waals surface area (Å²) in [5, 5.41) is 9.15. The number of carboxylic acid groups (broad SMARTS) is 1. The average Bonchev–Trinajstić information content (AvgIpc) is 2.49. The lowest BCUT2D eigenvalue weighted by Gasteiger charge is -2.19. The van der Waals surface area contributed by atoms with Gasteiger partial charge in [-0.25, -0.2) is 11.4 Å². The lowest BCUT2D eigenvalue weighted by Crippen LogP contribution is -2.32. The number of hydrogen-bond acceptors (Lipinski definition) is 3. The molecule has 0 saturated carbocycles. The van der Waals surface area contributed by atoms with E-state index in [9.17, 15) is 4.79 Å². The molecule has 0 heterocycles. The summed E-state index contributed by atoms with van der Waals surface area (Å²) in [6, 6.07) is 9.44. The summed E-state index contributed by atoms with van der Waals surface area (Å²) in [4.78, 5) is 15.6. The molecule has 0 aromatic heterocycles. The fourth-order valence-electron chi connectivity index (χ4n) is 1.65. The monoisotopic (exact) mass is 292 g/mol. The molecule has 0 radical (unpaired) electrons. The molecule has 1 rings (SSSR count). The highest BCUT2D eigenvalue weighted by Gasteiger charge is 2.11. The summed E-state index contributed by atoms with van der Waals surface area (Å²) in [6.45, 7) is 9.14. The van der Waals surface area contributed by atoms with Crippen LogP contribution in [0.3, 0.4) is 0 Å². The van der Waals surface area contributed by atoms with Gasteiger partial charge in [0.1, 0.15) is 6.61 Å². The first-order valence-electron chi connectivity index (χ1n) is 6.74. The van der Waals surface area contributed by atoms with Crippen LogP contribution in [0.2, 0.25) is 0 Å². The first kappa shape index (κ1) is 17.0. The molecule has 6 nitrogen and oxygen atoms in total. The minimum Gasteiger partial charge on any atom is -0.465 e. The van der Waals surface area contributed by atoms with Crippen LogP contribution in [0.1, 0.15) is 5.56 Å². The van der Waals surface area contributed by atoms with Crippen molar-refractivity contribution >= 4 is 6.09 Å². The minimum absolute atomic E-state index is 0.312. The van der Waals surface area contributed by atoms with E-state index in [-0.39, 0.29) is 0 Å². The average molecular weight is 292 g/mol. The van der Waals surface area contributed by atoms with E-state index in [0.717, 1.165) is 5.56 Å². The van der Waals surface area contributed by atoms with Crippen LogP contribution in [-0.4, -0.2) is 55.6 Å². The second-order valence-corrected chi connectivity index (χ2v) is 4.30. The van der Waals surface area contributed by atoms with Crippen LogP contribution >= 0.6 is 0 Å². The summed E-state index contributed by atoms with van der Waals surface area (Å²) >= 11 is 0. The molecule has 0 spiro atoms. The van der Waals surface area contributed by atoms with Crippen LogP contribution in [0.5, 0.6) is 0 Å². The largest absolute Gasteiger partial charge is 0.465 e. The molecule has 0 bridgehead atoms. The van der Waals surface area contributed by atoms with Crippen molar-refractivity contribution < 1.29 is 19.4 Å². The molecule has 1 aromatic carbocycles. The highest BCUT2D eigenvalue weighted by atomic mass is 16.5. The van der Waals surface area contributed by atoms with Crippen molar-refractivity contribution in [3.8, 4) is 0 Å². The van der Waals surface area contributed by atoms with Crippen molar-refractivity contribution in [2.24, 2.45) is 0 Å². The number of benzene rings is 1. The summed E-state index contributed by atoms with van der Waals surface area (Å²) in [5.41, 5.74) is 0.947. The van der Waals surface area contributed by atoms with E-state index in [2.05, 4.69) is 4.85 Å². The Hall–Kier alpha value is -2.10. The third kappa shape index (κ3) is 7.92. The summed E-state index contributed by atoms with van der Waals surface area (Å²) < 4.78 is 10.5. The van der Waals surface area contributed by atoms with Crippen LogP contribution in [0, 0.1) is 6.57 Å². The molecule has 6 heteroatoms. The lowest BCUT2D eigenvalue weighted by atomic mass is 10.2. The third-order valence-electron chi connectivity index (χ3n) is 2.71. The Morgan fingerprint density at radius 3 is 2.43 bits per heavy atom. The molecule has 1 amide bonds. The zero-order chi connectivity index (χ0) is 15.3. The van der Waals surface area contributed by atoms with Crippen LogP contribution in [-0.2, 0) is 16.0 Å². The second kappa shape index (κ2) is 10.7. The number of carbonyl (C=O) groups is 1. The Labute approximate surface area is 124 Å². The lowest BCUT2D eigenvalue weighted by molar-refractivity contribution is 0.0416. The number of nitrogens with zero attached hydrogens (tertiary/aromatic N) is 2. The topological polar surface area (TPSA) is 63.4 Å². The normalized spacial score (nSPS) is 10.0. The van der Waals surface area contributed by atoms with E-state index < -0.39 is 6.09 Å². The first-order chi connectivity index (χ1) is 10.2. The Bertz CT molecular complexity index is 445. The van der Waals surface area contributed by atoms with Crippen molar-refractivity contribution in [1.82, 2.24) is 4.90 Å². The molecule has 0 saturated heterocycles. The Morgan fingerprint density at radius 1 is 1.14 bits per heavy atom. The molecular formula is C15H20N2O4. The Morgan fingerprint density at radius 2 is 1.81 bits per heavy atom. The van der Waals surface area contributed by atoms with Gasteiger partial charge in [0.05, 0.1) is 19.8 Å². The van der Waals surface area contributed by atoms with Gasteiger partial charge in [-0.2, -0.15) is 0 Å². The highest BCUT2D eigenvalue weighted by Crippen LogP contribution is 2.04. The zero-order valence-electron chi connectivity index (χ0n) is 11.9. The van der Waals surface area contributed by atoms with Crippen molar-refractivity contribution in [2.75, 3.05) is 39.5 Å². The minimum atomic E-state index is -0.962. The van der Waals surface area contributed by atoms with Crippen LogP contribution in [0.15, 0.2) is 30.3 Å². The zero-order valence-corrected chi connectivity index (χ0v) is 11.9. The van der Waals surface area contributed by atoms with E-state index in [1.165, 1.54) is 4.90 Å². The molecule has 0 aliphatic carbocycles. The van der Waals surface area contributed by atoms with Gasteiger partial charge in [0, 0.05) is 13.1 Å². The molecule has 0 aliphatic heterocycles. The number of hydrogen-bond donors (Lipinski definition) is 1. The number of rotatable bonds is 10. The van der Waals surface area contributed by atoms with Crippen molar-refractivity contribution in [2.45, 2.75) is 6.54 Å². The predicted octanol–water partition coefficient (Wildman–Crippen LogP) is 2.12. The van der Waals surface area contributed by atoms with Crippen molar-refractivity contribution in [3.63, 3.8) is 0 Å². The molecule has 0 aliphatic rings. The molecule has 21 heavy (non-hydrogen) atoms. The summed E-state index contributed by atoms with van der Waals surface area (Å²) in [6.07, 6.45) is -0.962. The van der Waals surface area contributed by atoms with Gasteiger partial charge in [-0.05, 0) is 5.56 Å². The van der Waals surface area contributed by atoms with Crippen molar-refractivity contribution in [3.05, 3.63) is 47.3 Å². The fourth-order valence-corrected chi connectivity index (χ4v) is 1.65. The summed E-state index contributed by atoms with van der Waals surface area (Å²) in [5.74, 6) is 0. The maximum absolute atomic E-state index is 11.2. The van der Waals surface area contributed by atoms with E-state index in [4.69, 9.17) is 21.2 Å². The third-order valence-corrected chi connectivity index (χ3v) is 2.71. The van der Waals surface area contributed by atoms with Gasteiger partial charge < -0.3 is 24.3 Å². The molecule has 114 valence electrons. The van der Waals surface area contributed by atoms with E-state index in [1.807, 2.05) is 30.3 Å². The molecule has 0 fully saturated rings. The van der Waals surface area contributed by atoms with Gasteiger partial charge in [-0.3, -0.25) is 0 Å². The Kier molecular flexibility index (Phi) is 8.61. The molecule has 0 unspecified atom stereocenters. The molecule has 0 atom stereocenters. The fraction of sp³-hybridized carbons (Fsp3) is 0.467. The van der Waals surface area contributed by atoms with Crippen LogP contribution in [0.4, 0.5) is 4.79 Å². The van der Waals surface area contributed by atoms with Gasteiger partial charge in [0.25, 0.3) is 0 Å². The standard InChI is InChI=1S/C15H20N2O4/c1-16-7-9-20-11-12-21-10-8-17(15(18)19)13-14-5-3-2-4-6-14/h2-6H,7-13H2,(H,18,19). The summed E-state index contributed by atoms with van der Waals surface area (Å²) in [7, 11) is 0. The van der Waals surface area contributed by atoms with E-state index in [0.29, 0.717) is 46.1 Å². The van der Waals surface area contributed by atoms with E-state index in [1.54, 1.807) is 0 Å². The first-order valence-corrected chi connectivity index (χ1v) is 6.74. The van der Waals surface area contributed by atoms with Gasteiger partial charge in [-0.15, -0.1) is 0 Å². The van der Waals surface area contributed by atoms with E-state index >= 15 is 0 Å². The quantitative estimate of drug-likeness (QED) is 0.530. The van der Waals surface area contributed by atoms with Crippen LogP contribution in [0.25, 0.3) is 4.85 Å². The highest BCUT2D eigenvalue weighted by molar-refractivity contribution is 5.64. The Balaban J connectivity index is 2.17. The van der Waals surface area contributed by atoms with Crippen molar-refractivity contribution in [1.29, 1.82) is 0 Å². The smallest absolute Gasteiger partial charge is 0.407 e. The van der Waals surface area contributed by atoms with Gasteiger partial charge in [0.2, 0.25) is 6.54 Å². The van der Waals surface area contributed by atoms with Gasteiger partial charge in [0.15, 0.2) is 0 Å². The molecule has 1 N–H and O–H groups in total. The van der Waals surface area contributed by atoms with Crippen LogP contribution < -0.4 is 0 Å². The number of ether oxygens (including phenoxy) is 2. The second-order valence-electron chi connectivity index (χ2n) is 4.30.